The van der Waals surface area contributed by atoms with E-state index in [0.717, 1.165) is 0 Å². The molecular formula is C11H16N2O3S2. The molecule has 1 aromatic heterocycles. The first-order chi connectivity index (χ1) is 8.63. The Hall–Kier alpha value is -1.05. The molecule has 3 N–H and O–H groups in total. The number of nitrogens with one attached hydrogen (secondary N) is 2. The van der Waals surface area contributed by atoms with E-state index in [1.54, 1.807) is 17.5 Å². The van der Waals surface area contributed by atoms with Gasteiger partial charge in [-0.25, -0.2) is 0 Å². The summed E-state index contributed by atoms with van der Waals surface area (Å²) in [4.78, 5) is 23.5. The van der Waals surface area contributed by atoms with Crippen LogP contribution in [0.5, 0.6) is 0 Å². The highest BCUT2D eigenvalue weighted by Crippen LogP contribution is 2.12. The average molecular weight is 288 g/mol. The van der Waals surface area contributed by atoms with E-state index in [-0.39, 0.29) is 29.4 Å². The van der Waals surface area contributed by atoms with Crippen LogP contribution in [0.3, 0.4) is 0 Å². The van der Waals surface area contributed by atoms with E-state index in [2.05, 4.69) is 10.9 Å². The van der Waals surface area contributed by atoms with Crippen LogP contribution in [-0.4, -0.2) is 34.5 Å². The Morgan fingerprint density at radius 1 is 1.50 bits per heavy atom. The van der Waals surface area contributed by atoms with Gasteiger partial charge in [-0.05, 0) is 17.9 Å². The van der Waals surface area contributed by atoms with E-state index >= 15 is 0 Å². The van der Waals surface area contributed by atoms with Crippen molar-refractivity contribution in [1.29, 1.82) is 0 Å². The van der Waals surface area contributed by atoms with Crippen molar-refractivity contribution in [3.8, 4) is 0 Å². The fourth-order valence-electron chi connectivity index (χ4n) is 1.12. The lowest BCUT2D eigenvalue weighted by molar-refractivity contribution is -0.119. The highest BCUT2D eigenvalue weighted by molar-refractivity contribution is 8.00. The van der Waals surface area contributed by atoms with E-state index in [4.69, 9.17) is 5.11 Å². The number of thioether (sulfide) groups is 1. The van der Waals surface area contributed by atoms with Gasteiger partial charge in [0.2, 0.25) is 5.91 Å². The van der Waals surface area contributed by atoms with E-state index in [1.807, 2.05) is 6.92 Å². The van der Waals surface area contributed by atoms with Gasteiger partial charge in [-0.15, -0.1) is 23.1 Å². The molecule has 0 aliphatic rings. The van der Waals surface area contributed by atoms with Crippen LogP contribution in [-0.2, 0) is 4.79 Å². The van der Waals surface area contributed by atoms with Crippen molar-refractivity contribution >= 4 is 34.9 Å². The molecule has 100 valence electrons. The molecule has 7 heteroatoms. The van der Waals surface area contributed by atoms with Crippen LogP contribution in [0.4, 0.5) is 0 Å². The molecule has 1 aromatic rings. The maximum Gasteiger partial charge on any atom is 0.279 e. The van der Waals surface area contributed by atoms with E-state index in [1.165, 1.54) is 23.1 Å². The number of amides is 2. The second-order valence-corrected chi connectivity index (χ2v) is 5.99. The number of hydrazine groups is 1. The number of rotatable bonds is 6. The predicted molar refractivity (Wildman–Crippen MR) is 73.6 cm³/mol. The van der Waals surface area contributed by atoms with E-state index in [0.29, 0.717) is 11.3 Å². The highest BCUT2D eigenvalue weighted by atomic mass is 32.2. The Kier molecular flexibility index (Phi) is 6.77. The Labute approximate surface area is 114 Å². The molecule has 0 aromatic carbocycles. The molecule has 0 saturated carbocycles. The van der Waals surface area contributed by atoms with Crippen LogP contribution < -0.4 is 10.9 Å². The summed E-state index contributed by atoms with van der Waals surface area (Å²) in [5, 5.41) is 10.7. The summed E-state index contributed by atoms with van der Waals surface area (Å²) in [6, 6.07) is 3.46. The maximum absolute atomic E-state index is 11.5. The minimum absolute atomic E-state index is 0.116. The molecule has 18 heavy (non-hydrogen) atoms. The summed E-state index contributed by atoms with van der Waals surface area (Å²) < 4.78 is 0. The van der Waals surface area contributed by atoms with Crippen LogP contribution in [0.2, 0.25) is 0 Å². The highest BCUT2D eigenvalue weighted by Gasteiger charge is 2.09. The normalized spacial score (nSPS) is 11.9. The Balaban J connectivity index is 2.19. The molecule has 0 radical (unpaired) electrons. The number of carbonyl (C=O) groups excluding carboxylic acids is 2. The molecule has 1 heterocycles. The molecule has 5 nitrogen and oxygen atoms in total. The van der Waals surface area contributed by atoms with Crippen LogP contribution >= 0.6 is 23.1 Å². The zero-order valence-corrected chi connectivity index (χ0v) is 11.6. The molecule has 0 aliphatic carbocycles. The summed E-state index contributed by atoms with van der Waals surface area (Å²) >= 11 is 2.75. The summed E-state index contributed by atoms with van der Waals surface area (Å²) in [7, 11) is 0. The predicted octanol–water partition coefficient (Wildman–Crippen LogP) is 1.01. The number of hydrogen-bond acceptors (Lipinski definition) is 5. The Bertz CT molecular complexity index is 382. The lowest BCUT2D eigenvalue weighted by Crippen LogP contribution is -2.42. The SMILES string of the molecule is CC(CCO)SCC(=O)NNC(=O)c1cccs1. The number of aliphatic hydroxyl groups excluding tert-OH is 1. The van der Waals surface area contributed by atoms with Gasteiger partial charge < -0.3 is 5.11 Å². The zero-order valence-electron chi connectivity index (χ0n) is 10.0. The van der Waals surface area contributed by atoms with Crippen molar-refractivity contribution in [2.75, 3.05) is 12.4 Å². The third-order valence-corrected chi connectivity index (χ3v) is 4.20. The van der Waals surface area contributed by atoms with Gasteiger partial charge in [-0.3, -0.25) is 20.4 Å². The molecule has 0 aliphatic heterocycles. The lowest BCUT2D eigenvalue weighted by Gasteiger charge is -2.09. The van der Waals surface area contributed by atoms with E-state index in [9.17, 15) is 9.59 Å². The first kappa shape index (κ1) is 15.0. The minimum atomic E-state index is -0.313. The first-order valence-corrected chi connectivity index (χ1v) is 7.41. The van der Waals surface area contributed by atoms with Crippen LogP contribution in [0.1, 0.15) is 23.0 Å². The van der Waals surface area contributed by atoms with Gasteiger partial charge in [-0.2, -0.15) is 0 Å². The molecule has 0 saturated heterocycles. The third-order valence-electron chi connectivity index (χ3n) is 2.09. The van der Waals surface area contributed by atoms with Crippen molar-refractivity contribution in [1.82, 2.24) is 10.9 Å². The molecule has 0 bridgehead atoms. The minimum Gasteiger partial charge on any atom is -0.396 e. The number of carbonyl (C=O) groups is 2. The van der Waals surface area contributed by atoms with Gasteiger partial charge >= 0.3 is 0 Å². The summed E-state index contributed by atoms with van der Waals surface area (Å²) in [6.45, 7) is 2.06. The molecule has 1 rings (SSSR count). The quantitative estimate of drug-likeness (QED) is 0.683. The standard InChI is InChI=1S/C11H16N2O3S2/c1-8(4-5-14)18-7-10(15)12-13-11(16)9-3-2-6-17-9/h2-3,6,8,14H,4-5,7H2,1H3,(H,12,15)(H,13,16). The summed E-state index contributed by atoms with van der Waals surface area (Å²) in [5.41, 5.74) is 4.70. The molecule has 1 atom stereocenters. The lowest BCUT2D eigenvalue weighted by atomic mass is 10.3. The van der Waals surface area contributed by atoms with Gasteiger partial charge in [0.25, 0.3) is 5.91 Å². The second kappa shape index (κ2) is 8.12. The third kappa shape index (κ3) is 5.52. The van der Waals surface area contributed by atoms with Crippen molar-refractivity contribution < 1.29 is 14.7 Å². The van der Waals surface area contributed by atoms with Crippen molar-refractivity contribution in [3.63, 3.8) is 0 Å². The second-order valence-electron chi connectivity index (χ2n) is 3.61. The van der Waals surface area contributed by atoms with E-state index < -0.39 is 0 Å². The van der Waals surface area contributed by atoms with Crippen molar-refractivity contribution in [2.24, 2.45) is 0 Å². The van der Waals surface area contributed by atoms with Crippen LogP contribution in [0.25, 0.3) is 0 Å². The summed E-state index contributed by atoms with van der Waals surface area (Å²) in [5.74, 6) is -0.312. The topological polar surface area (TPSA) is 78.4 Å². The van der Waals surface area contributed by atoms with Gasteiger partial charge in [-0.1, -0.05) is 13.0 Å². The maximum atomic E-state index is 11.5. The molecule has 2 amide bonds. The smallest absolute Gasteiger partial charge is 0.279 e. The Morgan fingerprint density at radius 3 is 2.89 bits per heavy atom. The average Bonchev–Trinajstić information content (AvgIpc) is 2.87. The van der Waals surface area contributed by atoms with Crippen LogP contribution in [0.15, 0.2) is 17.5 Å². The van der Waals surface area contributed by atoms with Crippen molar-refractivity contribution in [2.45, 2.75) is 18.6 Å². The number of aliphatic hydroxyl groups is 1. The van der Waals surface area contributed by atoms with Gasteiger partial charge in [0.1, 0.15) is 0 Å². The van der Waals surface area contributed by atoms with Crippen molar-refractivity contribution in [3.05, 3.63) is 22.4 Å². The molecular weight excluding hydrogens is 272 g/mol. The van der Waals surface area contributed by atoms with Gasteiger partial charge in [0, 0.05) is 11.9 Å². The number of thiophene rings is 1. The monoisotopic (exact) mass is 288 g/mol. The molecule has 1 unspecified atom stereocenters. The largest absolute Gasteiger partial charge is 0.396 e. The fraction of sp³-hybridized carbons (Fsp3) is 0.455. The number of hydrogen-bond donors (Lipinski definition) is 3. The fourth-order valence-corrected chi connectivity index (χ4v) is 2.51. The van der Waals surface area contributed by atoms with Gasteiger partial charge in [0.15, 0.2) is 0 Å². The first-order valence-electron chi connectivity index (χ1n) is 5.48. The zero-order chi connectivity index (χ0) is 13.4. The molecule has 0 fully saturated rings. The Morgan fingerprint density at radius 2 is 2.28 bits per heavy atom. The molecule has 0 spiro atoms. The summed E-state index contributed by atoms with van der Waals surface area (Å²) in [6.07, 6.45) is 0.652. The van der Waals surface area contributed by atoms with Gasteiger partial charge in [0.05, 0.1) is 10.6 Å². The van der Waals surface area contributed by atoms with Crippen LogP contribution in [0, 0.1) is 0 Å².